The van der Waals surface area contributed by atoms with Gasteiger partial charge in [0.2, 0.25) is 0 Å². The molecule has 0 spiro atoms. The maximum Gasteiger partial charge on any atom is 0.337 e. The number of anilines is 1. The minimum Gasteiger partial charge on any atom is -0.465 e. The highest BCUT2D eigenvalue weighted by Gasteiger charge is 2.19. The first-order valence-electron chi connectivity index (χ1n) is 8.15. The van der Waals surface area contributed by atoms with E-state index in [2.05, 4.69) is 5.32 Å². The predicted molar refractivity (Wildman–Crippen MR) is 109 cm³/mol. The molecule has 1 amide bonds. The van der Waals surface area contributed by atoms with E-state index in [1.807, 2.05) is 25.1 Å². The van der Waals surface area contributed by atoms with Crippen LogP contribution in [-0.4, -0.2) is 32.1 Å². The van der Waals surface area contributed by atoms with Crippen LogP contribution >= 0.6 is 22.9 Å². The number of halogens is 1. The fraction of sp³-hybridized carbons (Fsp3) is 0.150. The quantitative estimate of drug-likeness (QED) is 0.623. The standard InChI is InChI=1S/C20H16ClNO5S/c1-10-4-5-14-15(6-10)28-17(16(14)21)18(23)22-13-8-11(19(24)26-2)7-12(9-13)20(25)27-3/h4-9H,1-3H3,(H,22,23). The molecule has 1 N–H and O–H groups in total. The van der Waals surface area contributed by atoms with Crippen molar-refractivity contribution in [2.24, 2.45) is 0 Å². The molecule has 1 aromatic heterocycles. The van der Waals surface area contributed by atoms with Crippen molar-refractivity contribution < 1.29 is 23.9 Å². The fourth-order valence-corrected chi connectivity index (χ4v) is 4.19. The molecule has 0 aliphatic heterocycles. The zero-order chi connectivity index (χ0) is 20.4. The molecule has 0 unspecified atom stereocenters. The first kappa shape index (κ1) is 19.9. The zero-order valence-corrected chi connectivity index (χ0v) is 16.9. The van der Waals surface area contributed by atoms with Crippen LogP contribution in [0.15, 0.2) is 36.4 Å². The SMILES string of the molecule is COC(=O)c1cc(NC(=O)c2sc3cc(C)ccc3c2Cl)cc(C(=O)OC)c1. The van der Waals surface area contributed by atoms with E-state index in [1.165, 1.54) is 43.8 Å². The maximum atomic E-state index is 12.8. The lowest BCUT2D eigenvalue weighted by Gasteiger charge is -2.09. The number of benzene rings is 2. The topological polar surface area (TPSA) is 81.7 Å². The Balaban J connectivity index is 1.98. The number of carbonyl (C=O) groups excluding carboxylic acids is 3. The number of ether oxygens (including phenoxy) is 2. The lowest BCUT2D eigenvalue weighted by atomic mass is 10.1. The van der Waals surface area contributed by atoms with Gasteiger partial charge in [-0.3, -0.25) is 4.79 Å². The lowest BCUT2D eigenvalue weighted by Crippen LogP contribution is -2.13. The van der Waals surface area contributed by atoms with Crippen molar-refractivity contribution in [3.05, 3.63) is 63.0 Å². The second kappa shape index (κ2) is 8.00. The molecule has 3 aromatic rings. The molecule has 0 saturated carbocycles. The van der Waals surface area contributed by atoms with Crippen molar-refractivity contribution in [1.29, 1.82) is 0 Å². The highest BCUT2D eigenvalue weighted by atomic mass is 35.5. The van der Waals surface area contributed by atoms with Crippen molar-refractivity contribution in [2.45, 2.75) is 6.92 Å². The molecule has 0 aliphatic carbocycles. The smallest absolute Gasteiger partial charge is 0.337 e. The van der Waals surface area contributed by atoms with E-state index >= 15 is 0 Å². The molecule has 0 aliphatic rings. The van der Waals surface area contributed by atoms with Crippen LogP contribution in [0.5, 0.6) is 0 Å². The number of nitrogens with one attached hydrogen (secondary N) is 1. The Morgan fingerprint density at radius 1 is 0.964 bits per heavy atom. The summed E-state index contributed by atoms with van der Waals surface area (Å²) in [5.41, 5.74) is 1.53. The summed E-state index contributed by atoms with van der Waals surface area (Å²) >= 11 is 7.65. The minimum absolute atomic E-state index is 0.110. The van der Waals surface area contributed by atoms with Gasteiger partial charge < -0.3 is 14.8 Å². The number of rotatable bonds is 4. The van der Waals surface area contributed by atoms with E-state index in [-0.39, 0.29) is 16.8 Å². The number of aryl methyl sites for hydroxylation is 1. The second-order valence-corrected chi connectivity index (χ2v) is 7.41. The second-order valence-electron chi connectivity index (χ2n) is 5.98. The van der Waals surface area contributed by atoms with Crippen LogP contribution in [0, 0.1) is 6.92 Å². The molecule has 144 valence electrons. The van der Waals surface area contributed by atoms with Crippen LogP contribution in [0.2, 0.25) is 5.02 Å². The Bertz CT molecular complexity index is 1070. The number of esters is 2. The zero-order valence-electron chi connectivity index (χ0n) is 15.3. The highest BCUT2D eigenvalue weighted by Crippen LogP contribution is 2.36. The summed E-state index contributed by atoms with van der Waals surface area (Å²) in [6, 6.07) is 9.92. The van der Waals surface area contributed by atoms with E-state index in [0.29, 0.717) is 9.90 Å². The first-order valence-corrected chi connectivity index (χ1v) is 9.35. The third-order valence-corrected chi connectivity index (χ3v) is 5.68. The van der Waals surface area contributed by atoms with Gasteiger partial charge in [0, 0.05) is 15.8 Å². The average Bonchev–Trinajstić information content (AvgIpc) is 3.02. The number of amides is 1. The molecule has 0 fully saturated rings. The number of fused-ring (bicyclic) bond motifs is 1. The lowest BCUT2D eigenvalue weighted by molar-refractivity contribution is 0.0599. The van der Waals surface area contributed by atoms with E-state index < -0.39 is 17.8 Å². The molecule has 0 radical (unpaired) electrons. The summed E-state index contributed by atoms with van der Waals surface area (Å²) in [6.45, 7) is 1.96. The van der Waals surface area contributed by atoms with Crippen LogP contribution in [0.3, 0.4) is 0 Å². The summed E-state index contributed by atoms with van der Waals surface area (Å²) < 4.78 is 10.3. The van der Waals surface area contributed by atoms with Gasteiger partial charge in [0.25, 0.3) is 5.91 Å². The first-order chi connectivity index (χ1) is 13.3. The van der Waals surface area contributed by atoms with Crippen LogP contribution in [0.4, 0.5) is 5.69 Å². The van der Waals surface area contributed by atoms with E-state index in [1.54, 1.807) is 0 Å². The molecule has 3 rings (SSSR count). The molecule has 0 saturated heterocycles. The van der Waals surface area contributed by atoms with Crippen molar-refractivity contribution in [3.63, 3.8) is 0 Å². The van der Waals surface area contributed by atoms with Crippen molar-refractivity contribution in [3.8, 4) is 0 Å². The Morgan fingerprint density at radius 3 is 2.14 bits per heavy atom. The Labute approximate surface area is 170 Å². The summed E-state index contributed by atoms with van der Waals surface area (Å²) in [5.74, 6) is -1.73. The van der Waals surface area contributed by atoms with Crippen molar-refractivity contribution >= 4 is 56.6 Å². The van der Waals surface area contributed by atoms with Gasteiger partial charge in [-0.15, -0.1) is 11.3 Å². The summed E-state index contributed by atoms with van der Waals surface area (Å²) in [6.07, 6.45) is 0. The molecule has 0 bridgehead atoms. The largest absolute Gasteiger partial charge is 0.465 e. The van der Waals surface area contributed by atoms with Gasteiger partial charge in [-0.1, -0.05) is 23.7 Å². The van der Waals surface area contributed by atoms with Gasteiger partial charge in [0.1, 0.15) is 4.88 Å². The molecule has 1 heterocycles. The molecule has 0 atom stereocenters. The highest BCUT2D eigenvalue weighted by molar-refractivity contribution is 7.21. The van der Waals surface area contributed by atoms with Gasteiger partial charge in [0.15, 0.2) is 0 Å². The normalized spacial score (nSPS) is 10.6. The molecular formula is C20H16ClNO5S. The van der Waals surface area contributed by atoms with E-state index in [9.17, 15) is 14.4 Å². The van der Waals surface area contributed by atoms with Crippen LogP contribution in [0.1, 0.15) is 36.0 Å². The van der Waals surface area contributed by atoms with Gasteiger partial charge >= 0.3 is 11.9 Å². The average molecular weight is 418 g/mol. The van der Waals surface area contributed by atoms with Gasteiger partial charge in [-0.2, -0.15) is 0 Å². The van der Waals surface area contributed by atoms with Crippen LogP contribution in [0.25, 0.3) is 10.1 Å². The summed E-state index contributed by atoms with van der Waals surface area (Å²) in [4.78, 5) is 36.9. The summed E-state index contributed by atoms with van der Waals surface area (Å²) in [5, 5.41) is 3.83. The minimum atomic E-state index is -0.642. The molecule has 8 heteroatoms. The third-order valence-electron chi connectivity index (χ3n) is 4.02. The van der Waals surface area contributed by atoms with Crippen LogP contribution in [-0.2, 0) is 9.47 Å². The Morgan fingerprint density at radius 2 is 1.57 bits per heavy atom. The summed E-state index contributed by atoms with van der Waals surface area (Å²) in [7, 11) is 2.45. The van der Waals surface area contributed by atoms with Crippen molar-refractivity contribution in [1.82, 2.24) is 0 Å². The molecule has 28 heavy (non-hydrogen) atoms. The number of hydrogen-bond donors (Lipinski definition) is 1. The van der Waals surface area contributed by atoms with Crippen molar-refractivity contribution in [2.75, 3.05) is 19.5 Å². The number of carbonyl (C=O) groups is 3. The van der Waals surface area contributed by atoms with Gasteiger partial charge in [-0.05, 0) is 36.8 Å². The third kappa shape index (κ3) is 3.85. The predicted octanol–water partition coefficient (Wildman–Crippen LogP) is 4.69. The van der Waals surface area contributed by atoms with E-state index in [4.69, 9.17) is 21.1 Å². The van der Waals surface area contributed by atoms with Gasteiger partial charge in [-0.25, -0.2) is 9.59 Å². The Kier molecular flexibility index (Phi) is 5.67. The molecule has 6 nitrogen and oxygen atoms in total. The number of methoxy groups -OCH3 is 2. The van der Waals surface area contributed by atoms with Gasteiger partial charge in [0.05, 0.1) is 30.4 Å². The number of thiophene rings is 1. The monoisotopic (exact) mass is 417 g/mol. The van der Waals surface area contributed by atoms with Crippen LogP contribution < -0.4 is 5.32 Å². The number of hydrogen-bond acceptors (Lipinski definition) is 6. The van der Waals surface area contributed by atoms with E-state index in [0.717, 1.165) is 15.6 Å². The molecular weight excluding hydrogens is 402 g/mol. The maximum absolute atomic E-state index is 12.8. The molecule has 2 aromatic carbocycles. The Hall–Kier alpha value is -2.90. The fourth-order valence-electron chi connectivity index (χ4n) is 2.68.